The number of thiophene rings is 1. The maximum absolute atomic E-state index is 11.4. The number of hydrogen-bond acceptors (Lipinski definition) is 3. The number of methoxy groups -OCH3 is 1. The third-order valence-corrected chi connectivity index (χ3v) is 5.04. The van der Waals surface area contributed by atoms with Gasteiger partial charge in [0.25, 0.3) is 0 Å². The Kier molecular flexibility index (Phi) is 5.26. The summed E-state index contributed by atoms with van der Waals surface area (Å²) in [5.74, 6) is 5.84. The van der Waals surface area contributed by atoms with Crippen LogP contribution in [0.1, 0.15) is 54.6 Å². The van der Waals surface area contributed by atoms with Gasteiger partial charge in [0.15, 0.2) is 0 Å². The van der Waals surface area contributed by atoms with Crippen molar-refractivity contribution in [1.82, 2.24) is 0 Å². The molecule has 0 saturated carbocycles. The number of rotatable bonds is 2. The van der Waals surface area contributed by atoms with Crippen LogP contribution in [0.5, 0.6) is 0 Å². The molecule has 1 aliphatic carbocycles. The van der Waals surface area contributed by atoms with Crippen LogP contribution in [0.2, 0.25) is 0 Å². The lowest BCUT2D eigenvalue weighted by molar-refractivity contribution is 0.0606. The van der Waals surface area contributed by atoms with Gasteiger partial charge in [0.05, 0.1) is 12.0 Å². The highest BCUT2D eigenvalue weighted by Gasteiger charge is 2.26. The van der Waals surface area contributed by atoms with Crippen LogP contribution in [0.4, 0.5) is 0 Å². The van der Waals surface area contributed by atoms with Crippen molar-refractivity contribution in [2.24, 2.45) is 5.41 Å². The van der Waals surface area contributed by atoms with E-state index in [2.05, 4.69) is 38.7 Å². The van der Waals surface area contributed by atoms with Crippen molar-refractivity contribution in [2.45, 2.75) is 40.0 Å². The summed E-state index contributed by atoms with van der Waals surface area (Å²) in [6, 6.07) is 3.61. The molecule has 0 bridgehead atoms. The molecule has 0 radical (unpaired) electrons. The highest BCUT2D eigenvalue weighted by atomic mass is 32.1. The van der Waals surface area contributed by atoms with Crippen molar-refractivity contribution in [1.29, 1.82) is 0 Å². The molecule has 0 amide bonds. The van der Waals surface area contributed by atoms with Gasteiger partial charge in [-0.15, -0.1) is 11.3 Å². The molecular weight excluding hydrogens is 292 g/mol. The molecule has 2 nitrogen and oxygen atoms in total. The van der Waals surface area contributed by atoms with Gasteiger partial charge < -0.3 is 4.74 Å². The molecular formula is C19H22O2S. The van der Waals surface area contributed by atoms with Crippen LogP contribution in [-0.2, 0) is 4.74 Å². The van der Waals surface area contributed by atoms with Crippen molar-refractivity contribution >= 4 is 17.3 Å². The zero-order valence-electron chi connectivity index (χ0n) is 13.7. The summed E-state index contributed by atoms with van der Waals surface area (Å²) in [5, 5.41) is 0. The normalized spacial score (nSPS) is 17.3. The van der Waals surface area contributed by atoms with E-state index in [1.807, 2.05) is 12.1 Å². The zero-order chi connectivity index (χ0) is 16.2. The second-order valence-electron chi connectivity index (χ2n) is 6.19. The van der Waals surface area contributed by atoms with Crippen LogP contribution in [0.25, 0.3) is 0 Å². The Balaban J connectivity index is 2.10. The van der Waals surface area contributed by atoms with E-state index < -0.39 is 0 Å². The lowest BCUT2D eigenvalue weighted by atomic mass is 9.73. The molecule has 3 heteroatoms. The van der Waals surface area contributed by atoms with Crippen LogP contribution in [0, 0.1) is 17.3 Å². The zero-order valence-corrected chi connectivity index (χ0v) is 14.5. The summed E-state index contributed by atoms with van der Waals surface area (Å²) in [4.78, 5) is 12.9. The Morgan fingerprint density at radius 3 is 2.86 bits per heavy atom. The first-order valence-electron chi connectivity index (χ1n) is 7.50. The van der Waals surface area contributed by atoms with Crippen molar-refractivity contribution in [3.63, 3.8) is 0 Å². The third-order valence-electron chi connectivity index (χ3n) is 4.06. The number of hydrogen-bond donors (Lipinski definition) is 0. The molecule has 0 fully saturated rings. The van der Waals surface area contributed by atoms with E-state index in [0.717, 1.165) is 4.88 Å². The van der Waals surface area contributed by atoms with Crippen LogP contribution in [0.3, 0.4) is 0 Å². The number of allylic oxidation sites excluding steroid dienone is 4. The maximum atomic E-state index is 11.4. The predicted molar refractivity (Wildman–Crippen MR) is 92.0 cm³/mol. The fourth-order valence-corrected chi connectivity index (χ4v) is 3.65. The standard InChI is InChI=1S/C19H22O2S/c1-14-8-7-13-19(2,3)16(14)10-6-5-9-15-11-12-17(22-15)18(20)21-4/h6,10-12H,7-8,13H2,1-4H3/b10-6+. The van der Waals surface area contributed by atoms with Crippen LogP contribution in [-0.4, -0.2) is 13.1 Å². The van der Waals surface area contributed by atoms with E-state index in [0.29, 0.717) is 4.88 Å². The fourth-order valence-electron chi connectivity index (χ4n) is 2.86. The molecule has 2 rings (SSSR count). The summed E-state index contributed by atoms with van der Waals surface area (Å²) in [7, 11) is 1.39. The number of ether oxygens (including phenoxy) is 1. The molecule has 1 aromatic rings. The topological polar surface area (TPSA) is 26.3 Å². The molecule has 1 aromatic heterocycles. The maximum Gasteiger partial charge on any atom is 0.348 e. The monoisotopic (exact) mass is 314 g/mol. The largest absolute Gasteiger partial charge is 0.465 e. The second kappa shape index (κ2) is 6.98. The molecule has 116 valence electrons. The van der Waals surface area contributed by atoms with Gasteiger partial charge in [-0.25, -0.2) is 4.79 Å². The molecule has 1 heterocycles. The van der Waals surface area contributed by atoms with Crippen molar-refractivity contribution in [3.8, 4) is 11.8 Å². The molecule has 0 aliphatic heterocycles. The van der Waals surface area contributed by atoms with E-state index in [1.54, 1.807) is 6.07 Å². The quantitative estimate of drug-likeness (QED) is 0.569. The van der Waals surface area contributed by atoms with E-state index in [1.165, 1.54) is 48.9 Å². The Hall–Kier alpha value is -1.79. The molecule has 0 saturated heterocycles. The lowest BCUT2D eigenvalue weighted by Crippen LogP contribution is -2.18. The van der Waals surface area contributed by atoms with Gasteiger partial charge in [-0.05, 0) is 55.4 Å². The minimum atomic E-state index is -0.307. The number of carbonyl (C=O) groups is 1. The molecule has 0 unspecified atom stereocenters. The Bertz CT molecular complexity index is 678. The first-order valence-corrected chi connectivity index (χ1v) is 8.32. The summed E-state index contributed by atoms with van der Waals surface area (Å²) >= 11 is 1.36. The van der Waals surface area contributed by atoms with Gasteiger partial charge in [0.1, 0.15) is 4.88 Å². The smallest absolute Gasteiger partial charge is 0.348 e. The fraction of sp³-hybridized carbons (Fsp3) is 0.421. The minimum absolute atomic E-state index is 0.238. The van der Waals surface area contributed by atoms with Crippen molar-refractivity contribution in [2.75, 3.05) is 7.11 Å². The van der Waals surface area contributed by atoms with Crippen LogP contribution < -0.4 is 0 Å². The predicted octanol–water partition coefficient (Wildman–Crippen LogP) is 4.97. The third kappa shape index (κ3) is 3.90. The average Bonchev–Trinajstić information content (AvgIpc) is 2.93. The average molecular weight is 314 g/mol. The van der Waals surface area contributed by atoms with Crippen LogP contribution >= 0.6 is 11.3 Å². The van der Waals surface area contributed by atoms with Gasteiger partial charge in [0, 0.05) is 0 Å². The summed E-state index contributed by atoms with van der Waals surface area (Å²) < 4.78 is 4.69. The molecule has 22 heavy (non-hydrogen) atoms. The summed E-state index contributed by atoms with van der Waals surface area (Å²) in [6.07, 6.45) is 7.75. The van der Waals surface area contributed by atoms with E-state index >= 15 is 0 Å². The highest BCUT2D eigenvalue weighted by molar-refractivity contribution is 7.14. The van der Waals surface area contributed by atoms with Crippen molar-refractivity contribution < 1.29 is 9.53 Å². The van der Waals surface area contributed by atoms with E-state index in [-0.39, 0.29) is 11.4 Å². The molecule has 0 spiro atoms. The van der Waals surface area contributed by atoms with E-state index in [4.69, 9.17) is 4.74 Å². The summed E-state index contributed by atoms with van der Waals surface area (Å²) in [5.41, 5.74) is 3.12. The van der Waals surface area contributed by atoms with Gasteiger partial charge in [-0.1, -0.05) is 37.3 Å². The van der Waals surface area contributed by atoms with E-state index in [9.17, 15) is 4.79 Å². The first-order chi connectivity index (χ1) is 10.4. The van der Waals surface area contributed by atoms with Gasteiger partial charge >= 0.3 is 5.97 Å². The van der Waals surface area contributed by atoms with Crippen LogP contribution in [0.15, 0.2) is 35.4 Å². The Morgan fingerprint density at radius 1 is 1.41 bits per heavy atom. The van der Waals surface area contributed by atoms with Gasteiger partial charge in [0.2, 0.25) is 0 Å². The highest BCUT2D eigenvalue weighted by Crippen LogP contribution is 2.40. The number of carbonyl (C=O) groups excluding carboxylic acids is 1. The van der Waals surface area contributed by atoms with Gasteiger partial charge in [-0.2, -0.15) is 0 Å². The Labute approximate surface area is 136 Å². The first kappa shape index (κ1) is 16.6. The lowest BCUT2D eigenvalue weighted by Gasteiger charge is -2.32. The Morgan fingerprint density at radius 2 is 2.18 bits per heavy atom. The van der Waals surface area contributed by atoms with Gasteiger partial charge in [-0.3, -0.25) is 0 Å². The SMILES string of the molecule is COC(=O)c1ccc(C#C/C=C/C2=C(C)CCCC2(C)C)s1. The van der Waals surface area contributed by atoms with Crippen molar-refractivity contribution in [3.05, 3.63) is 45.2 Å². The molecule has 0 atom stereocenters. The molecule has 0 aromatic carbocycles. The molecule has 1 aliphatic rings. The second-order valence-corrected chi connectivity index (χ2v) is 7.27. The number of esters is 1. The molecule has 0 N–H and O–H groups in total. The summed E-state index contributed by atoms with van der Waals surface area (Å²) in [6.45, 7) is 6.81. The minimum Gasteiger partial charge on any atom is -0.465 e.